The molecule has 1 saturated heterocycles. The van der Waals surface area contributed by atoms with Crippen molar-refractivity contribution in [2.24, 2.45) is 5.92 Å². The van der Waals surface area contributed by atoms with E-state index in [1.54, 1.807) is 17.9 Å². The SMILES string of the molecule is CCOC(=O)N1CCC(C(=O)Nc2cccc(Cl)c2F)CC1. The van der Waals surface area contributed by atoms with Gasteiger partial charge in [0.05, 0.1) is 17.3 Å². The molecule has 2 amide bonds. The van der Waals surface area contributed by atoms with Crippen molar-refractivity contribution in [3.05, 3.63) is 29.0 Å². The van der Waals surface area contributed by atoms with Crippen molar-refractivity contribution in [3.63, 3.8) is 0 Å². The number of rotatable bonds is 3. The normalized spacial score (nSPS) is 15.5. The lowest BCUT2D eigenvalue weighted by Crippen LogP contribution is -2.41. The van der Waals surface area contributed by atoms with Crippen molar-refractivity contribution in [1.82, 2.24) is 4.90 Å². The minimum atomic E-state index is -0.638. The third-order valence-corrected chi connectivity index (χ3v) is 3.89. The molecule has 0 aliphatic carbocycles. The lowest BCUT2D eigenvalue weighted by atomic mass is 9.96. The Balaban J connectivity index is 1.90. The van der Waals surface area contributed by atoms with Crippen LogP contribution in [-0.2, 0) is 9.53 Å². The van der Waals surface area contributed by atoms with E-state index in [1.165, 1.54) is 12.1 Å². The zero-order valence-electron chi connectivity index (χ0n) is 12.3. The fourth-order valence-electron chi connectivity index (χ4n) is 2.37. The molecule has 0 aromatic heterocycles. The van der Waals surface area contributed by atoms with E-state index in [2.05, 4.69) is 5.32 Å². The summed E-state index contributed by atoms with van der Waals surface area (Å²) in [6, 6.07) is 4.46. The van der Waals surface area contributed by atoms with Crippen molar-refractivity contribution in [2.45, 2.75) is 19.8 Å². The Morgan fingerprint density at radius 2 is 2.09 bits per heavy atom. The van der Waals surface area contributed by atoms with Crippen molar-refractivity contribution in [3.8, 4) is 0 Å². The first-order chi connectivity index (χ1) is 10.5. The Bertz CT molecular complexity index is 560. The van der Waals surface area contributed by atoms with Crippen LogP contribution in [0.5, 0.6) is 0 Å². The molecule has 1 aliphatic heterocycles. The second-order valence-corrected chi connectivity index (χ2v) is 5.46. The number of carbonyl (C=O) groups excluding carboxylic acids is 2. The molecule has 1 aliphatic rings. The van der Waals surface area contributed by atoms with Crippen LogP contribution >= 0.6 is 11.6 Å². The summed E-state index contributed by atoms with van der Waals surface area (Å²) in [6.45, 7) is 2.98. The number of likely N-dealkylation sites (tertiary alicyclic amines) is 1. The molecule has 0 bridgehead atoms. The molecule has 0 unspecified atom stereocenters. The summed E-state index contributed by atoms with van der Waals surface area (Å²) >= 11 is 5.68. The number of ether oxygens (including phenoxy) is 1. The summed E-state index contributed by atoms with van der Waals surface area (Å²) in [5.74, 6) is -1.16. The van der Waals surface area contributed by atoms with Crippen molar-refractivity contribution < 1.29 is 18.7 Å². The van der Waals surface area contributed by atoms with Gasteiger partial charge < -0.3 is 15.0 Å². The average molecular weight is 329 g/mol. The van der Waals surface area contributed by atoms with Crippen molar-refractivity contribution in [1.29, 1.82) is 0 Å². The van der Waals surface area contributed by atoms with Gasteiger partial charge in [-0.1, -0.05) is 17.7 Å². The highest BCUT2D eigenvalue weighted by Gasteiger charge is 2.28. The lowest BCUT2D eigenvalue weighted by molar-refractivity contribution is -0.121. The smallest absolute Gasteiger partial charge is 0.409 e. The number of benzene rings is 1. The van der Waals surface area contributed by atoms with Gasteiger partial charge in [0.15, 0.2) is 5.82 Å². The first-order valence-electron chi connectivity index (χ1n) is 7.19. The predicted octanol–water partition coefficient (Wildman–Crippen LogP) is 3.29. The molecule has 0 saturated carbocycles. The van der Waals surface area contributed by atoms with Gasteiger partial charge in [0.25, 0.3) is 0 Å². The molecular weight excluding hydrogens is 311 g/mol. The van der Waals surface area contributed by atoms with Gasteiger partial charge in [0, 0.05) is 19.0 Å². The summed E-state index contributed by atoms with van der Waals surface area (Å²) < 4.78 is 18.7. The van der Waals surface area contributed by atoms with Crippen LogP contribution in [0.15, 0.2) is 18.2 Å². The number of carbonyl (C=O) groups is 2. The maximum absolute atomic E-state index is 13.8. The third kappa shape index (κ3) is 3.88. The highest BCUT2D eigenvalue weighted by atomic mass is 35.5. The van der Waals surface area contributed by atoms with E-state index >= 15 is 0 Å². The molecule has 0 radical (unpaired) electrons. The van der Waals surface area contributed by atoms with Gasteiger partial charge in [-0.25, -0.2) is 9.18 Å². The number of nitrogens with zero attached hydrogens (tertiary/aromatic N) is 1. The number of amides is 2. The van der Waals surface area contributed by atoms with Gasteiger partial charge in [-0.05, 0) is 31.9 Å². The number of anilines is 1. The molecular formula is C15H18ClFN2O3. The first-order valence-corrected chi connectivity index (χ1v) is 7.57. The van der Waals surface area contributed by atoms with Gasteiger partial charge in [-0.2, -0.15) is 0 Å². The minimum absolute atomic E-state index is 0.0325. The van der Waals surface area contributed by atoms with E-state index in [9.17, 15) is 14.0 Å². The summed E-state index contributed by atoms with van der Waals surface area (Å²) in [4.78, 5) is 25.3. The van der Waals surface area contributed by atoms with Crippen molar-refractivity contribution >= 4 is 29.3 Å². The monoisotopic (exact) mass is 328 g/mol. The number of hydrogen-bond donors (Lipinski definition) is 1. The quantitative estimate of drug-likeness (QED) is 0.926. The topological polar surface area (TPSA) is 58.6 Å². The van der Waals surface area contributed by atoms with Crippen molar-refractivity contribution in [2.75, 3.05) is 25.0 Å². The predicted molar refractivity (Wildman–Crippen MR) is 81.4 cm³/mol. The summed E-state index contributed by atoms with van der Waals surface area (Å²) in [7, 11) is 0. The number of hydrogen-bond acceptors (Lipinski definition) is 3. The largest absolute Gasteiger partial charge is 0.450 e. The molecule has 1 aromatic carbocycles. The van der Waals surface area contributed by atoms with E-state index < -0.39 is 5.82 Å². The maximum Gasteiger partial charge on any atom is 0.409 e. The van der Waals surface area contributed by atoms with E-state index in [1.807, 2.05) is 0 Å². The van der Waals surface area contributed by atoms with E-state index in [4.69, 9.17) is 16.3 Å². The molecule has 7 heteroatoms. The highest BCUT2D eigenvalue weighted by molar-refractivity contribution is 6.31. The third-order valence-electron chi connectivity index (χ3n) is 3.60. The minimum Gasteiger partial charge on any atom is -0.450 e. The van der Waals surface area contributed by atoms with Crippen LogP contribution in [0.2, 0.25) is 5.02 Å². The number of halogens is 2. The Morgan fingerprint density at radius 1 is 1.41 bits per heavy atom. The van der Waals surface area contributed by atoms with Gasteiger partial charge >= 0.3 is 6.09 Å². The van der Waals surface area contributed by atoms with Gasteiger partial charge in [-0.3, -0.25) is 4.79 Å². The Hall–Kier alpha value is -1.82. The van der Waals surface area contributed by atoms with E-state index in [0.717, 1.165) is 0 Å². The second kappa shape index (κ2) is 7.45. The van der Waals surface area contributed by atoms with Crippen LogP contribution in [-0.4, -0.2) is 36.6 Å². The first kappa shape index (κ1) is 16.5. The molecule has 0 atom stereocenters. The van der Waals surface area contributed by atoms with E-state index in [-0.39, 0.29) is 28.6 Å². The summed E-state index contributed by atoms with van der Waals surface area (Å²) in [6.07, 6.45) is 0.682. The van der Waals surface area contributed by atoms with Gasteiger partial charge in [0.2, 0.25) is 5.91 Å². The molecule has 5 nitrogen and oxygen atoms in total. The number of piperidine rings is 1. The highest BCUT2D eigenvalue weighted by Crippen LogP contribution is 2.24. The van der Waals surface area contributed by atoms with Crippen LogP contribution < -0.4 is 5.32 Å². The standard InChI is InChI=1S/C15H18ClFN2O3/c1-2-22-15(21)19-8-6-10(7-9-19)14(20)18-12-5-3-4-11(16)13(12)17/h3-5,10H,2,6-9H2,1H3,(H,18,20). The Labute approximate surface area is 133 Å². The molecule has 1 heterocycles. The Morgan fingerprint density at radius 3 is 2.73 bits per heavy atom. The summed E-state index contributed by atoms with van der Waals surface area (Å²) in [5.41, 5.74) is 0.0744. The van der Waals surface area contributed by atoms with E-state index in [0.29, 0.717) is 32.5 Å². The molecule has 1 N–H and O–H groups in total. The van der Waals surface area contributed by atoms with Crippen LogP contribution in [0, 0.1) is 11.7 Å². The number of nitrogens with one attached hydrogen (secondary N) is 1. The molecule has 0 spiro atoms. The maximum atomic E-state index is 13.8. The van der Waals surface area contributed by atoms with Crippen LogP contribution in [0.1, 0.15) is 19.8 Å². The van der Waals surface area contributed by atoms with Gasteiger partial charge in [0.1, 0.15) is 0 Å². The van der Waals surface area contributed by atoms with Crippen LogP contribution in [0.4, 0.5) is 14.9 Å². The van der Waals surface area contributed by atoms with Crippen LogP contribution in [0.3, 0.4) is 0 Å². The molecule has 2 rings (SSSR count). The van der Waals surface area contributed by atoms with Crippen LogP contribution in [0.25, 0.3) is 0 Å². The molecule has 1 aromatic rings. The molecule has 120 valence electrons. The molecule has 22 heavy (non-hydrogen) atoms. The Kier molecular flexibility index (Phi) is 5.60. The fraction of sp³-hybridized carbons (Fsp3) is 0.467. The fourth-order valence-corrected chi connectivity index (χ4v) is 2.55. The average Bonchev–Trinajstić information content (AvgIpc) is 2.52. The zero-order chi connectivity index (χ0) is 16.1. The summed E-state index contributed by atoms with van der Waals surface area (Å²) in [5, 5.41) is 2.52. The second-order valence-electron chi connectivity index (χ2n) is 5.05. The lowest BCUT2D eigenvalue weighted by Gasteiger charge is -2.30. The zero-order valence-corrected chi connectivity index (χ0v) is 13.0. The van der Waals surface area contributed by atoms with Gasteiger partial charge in [-0.15, -0.1) is 0 Å². The molecule has 1 fully saturated rings.